The summed E-state index contributed by atoms with van der Waals surface area (Å²) >= 11 is 0. The van der Waals surface area contributed by atoms with Crippen molar-refractivity contribution in [3.8, 4) is 5.75 Å². The minimum atomic E-state index is 0.696. The van der Waals surface area contributed by atoms with Gasteiger partial charge in [0, 0.05) is 0 Å². The third-order valence-electron chi connectivity index (χ3n) is 3.89. The minimum Gasteiger partial charge on any atom is -0.494 e. The van der Waals surface area contributed by atoms with Crippen LogP contribution in [0.4, 0.5) is 0 Å². The molecule has 2 unspecified atom stereocenters. The van der Waals surface area contributed by atoms with Gasteiger partial charge in [-0.1, -0.05) is 32.4 Å². The predicted molar refractivity (Wildman–Crippen MR) is 76.2 cm³/mol. The molecule has 0 amide bonds. The van der Waals surface area contributed by atoms with Crippen molar-refractivity contribution in [1.82, 2.24) is 5.32 Å². The normalized spacial score (nSPS) is 23.9. The zero-order valence-electron chi connectivity index (χ0n) is 11.6. The molecule has 0 saturated carbocycles. The van der Waals surface area contributed by atoms with E-state index in [-0.39, 0.29) is 0 Å². The van der Waals surface area contributed by atoms with Gasteiger partial charge in [0.2, 0.25) is 0 Å². The molecule has 0 aliphatic carbocycles. The van der Waals surface area contributed by atoms with Crippen molar-refractivity contribution in [2.24, 2.45) is 5.92 Å². The van der Waals surface area contributed by atoms with Gasteiger partial charge < -0.3 is 10.1 Å². The van der Waals surface area contributed by atoms with E-state index in [1.54, 1.807) is 0 Å². The Morgan fingerprint density at radius 3 is 3.00 bits per heavy atom. The van der Waals surface area contributed by atoms with Crippen LogP contribution in [0.25, 0.3) is 0 Å². The van der Waals surface area contributed by atoms with Gasteiger partial charge in [-0.05, 0) is 55.5 Å². The lowest BCUT2D eigenvalue weighted by atomic mass is 9.80. The summed E-state index contributed by atoms with van der Waals surface area (Å²) in [5.74, 6) is 2.49. The second-order valence-electron chi connectivity index (χ2n) is 5.19. The maximum Gasteiger partial charge on any atom is 0.119 e. The van der Waals surface area contributed by atoms with Crippen molar-refractivity contribution >= 4 is 0 Å². The van der Waals surface area contributed by atoms with Crippen molar-refractivity contribution in [3.05, 3.63) is 29.8 Å². The molecule has 1 aliphatic rings. The van der Waals surface area contributed by atoms with Crippen LogP contribution in [0, 0.1) is 5.92 Å². The lowest BCUT2D eigenvalue weighted by Crippen LogP contribution is -2.35. The number of hydrogen-bond donors (Lipinski definition) is 1. The number of benzene rings is 1. The summed E-state index contributed by atoms with van der Waals surface area (Å²) in [6, 6.07) is 8.71. The SMILES string of the molecule is CCCOc1cccc(C2CCNCC2CC)c1. The standard InChI is InChI=1S/C16H25NO/c1-3-10-18-15-7-5-6-14(11-15)16-8-9-17-12-13(16)4-2/h5-7,11,13,16-17H,3-4,8-10,12H2,1-2H3. The van der Waals surface area contributed by atoms with Gasteiger partial charge in [-0.3, -0.25) is 0 Å². The van der Waals surface area contributed by atoms with Crippen LogP contribution >= 0.6 is 0 Å². The molecule has 1 saturated heterocycles. The van der Waals surface area contributed by atoms with Crippen molar-refractivity contribution in [2.45, 2.75) is 39.0 Å². The fraction of sp³-hybridized carbons (Fsp3) is 0.625. The summed E-state index contributed by atoms with van der Waals surface area (Å²) in [6.45, 7) is 7.54. The summed E-state index contributed by atoms with van der Waals surface area (Å²) in [5, 5.41) is 3.50. The summed E-state index contributed by atoms with van der Waals surface area (Å²) in [5.41, 5.74) is 1.46. The fourth-order valence-electron chi connectivity index (χ4n) is 2.85. The van der Waals surface area contributed by atoms with Crippen molar-refractivity contribution in [2.75, 3.05) is 19.7 Å². The Balaban J connectivity index is 2.10. The van der Waals surface area contributed by atoms with Gasteiger partial charge in [-0.2, -0.15) is 0 Å². The lowest BCUT2D eigenvalue weighted by molar-refractivity contribution is 0.307. The zero-order chi connectivity index (χ0) is 12.8. The Bertz CT molecular complexity index is 364. The molecule has 1 N–H and O–H groups in total. The average molecular weight is 247 g/mol. The first-order valence-corrected chi connectivity index (χ1v) is 7.28. The molecule has 2 heteroatoms. The Hall–Kier alpha value is -1.02. The second kappa shape index (κ2) is 6.79. The first kappa shape index (κ1) is 13.4. The van der Waals surface area contributed by atoms with Gasteiger partial charge in [-0.25, -0.2) is 0 Å². The Kier molecular flexibility index (Phi) is 5.06. The molecule has 1 aromatic rings. The predicted octanol–water partition coefficient (Wildman–Crippen LogP) is 3.58. The summed E-state index contributed by atoms with van der Waals surface area (Å²) in [7, 11) is 0. The van der Waals surface area contributed by atoms with E-state index in [1.807, 2.05) is 0 Å². The highest BCUT2D eigenvalue weighted by molar-refractivity contribution is 5.31. The van der Waals surface area contributed by atoms with E-state index in [4.69, 9.17) is 4.74 Å². The van der Waals surface area contributed by atoms with E-state index in [0.717, 1.165) is 37.8 Å². The Morgan fingerprint density at radius 2 is 2.22 bits per heavy atom. The van der Waals surface area contributed by atoms with Gasteiger partial charge in [0.25, 0.3) is 0 Å². The van der Waals surface area contributed by atoms with E-state index < -0.39 is 0 Å². The Morgan fingerprint density at radius 1 is 1.33 bits per heavy atom. The summed E-state index contributed by atoms with van der Waals surface area (Å²) in [4.78, 5) is 0. The summed E-state index contributed by atoms with van der Waals surface area (Å²) < 4.78 is 5.74. The van der Waals surface area contributed by atoms with E-state index in [9.17, 15) is 0 Å². The zero-order valence-corrected chi connectivity index (χ0v) is 11.6. The van der Waals surface area contributed by atoms with Crippen molar-refractivity contribution < 1.29 is 4.74 Å². The lowest BCUT2D eigenvalue weighted by Gasteiger charge is -2.32. The Labute approximate surface area is 111 Å². The first-order valence-electron chi connectivity index (χ1n) is 7.28. The van der Waals surface area contributed by atoms with Crippen LogP contribution in [0.3, 0.4) is 0 Å². The second-order valence-corrected chi connectivity index (χ2v) is 5.19. The number of hydrogen-bond acceptors (Lipinski definition) is 2. The van der Waals surface area contributed by atoms with Gasteiger partial charge >= 0.3 is 0 Å². The van der Waals surface area contributed by atoms with Crippen LogP contribution in [0.15, 0.2) is 24.3 Å². The van der Waals surface area contributed by atoms with Crippen LogP contribution in [-0.2, 0) is 0 Å². The molecule has 2 rings (SSSR count). The summed E-state index contributed by atoms with van der Waals surface area (Å²) in [6.07, 6.45) is 3.56. The number of rotatable bonds is 5. The van der Waals surface area contributed by atoms with Crippen molar-refractivity contribution in [1.29, 1.82) is 0 Å². The fourth-order valence-corrected chi connectivity index (χ4v) is 2.85. The average Bonchev–Trinajstić information content (AvgIpc) is 2.45. The largest absolute Gasteiger partial charge is 0.494 e. The van der Waals surface area contributed by atoms with Crippen molar-refractivity contribution in [3.63, 3.8) is 0 Å². The highest BCUT2D eigenvalue weighted by Crippen LogP contribution is 2.33. The monoisotopic (exact) mass is 247 g/mol. The highest BCUT2D eigenvalue weighted by Gasteiger charge is 2.24. The van der Waals surface area contributed by atoms with Crippen LogP contribution < -0.4 is 10.1 Å². The number of nitrogens with one attached hydrogen (secondary N) is 1. The maximum atomic E-state index is 5.74. The van der Waals surface area contributed by atoms with E-state index >= 15 is 0 Å². The third-order valence-corrected chi connectivity index (χ3v) is 3.89. The number of ether oxygens (including phenoxy) is 1. The van der Waals surface area contributed by atoms with E-state index in [0.29, 0.717) is 5.92 Å². The minimum absolute atomic E-state index is 0.696. The molecule has 0 bridgehead atoms. The molecule has 2 atom stereocenters. The molecule has 100 valence electrons. The van der Waals surface area contributed by atoms with Gasteiger partial charge in [0.05, 0.1) is 6.61 Å². The van der Waals surface area contributed by atoms with Gasteiger partial charge in [0.1, 0.15) is 5.75 Å². The quantitative estimate of drug-likeness (QED) is 0.858. The van der Waals surface area contributed by atoms with Crippen LogP contribution in [0.1, 0.15) is 44.6 Å². The third kappa shape index (κ3) is 3.26. The molecular weight excluding hydrogens is 222 g/mol. The van der Waals surface area contributed by atoms with Crippen LogP contribution in [0.5, 0.6) is 5.75 Å². The van der Waals surface area contributed by atoms with E-state index in [2.05, 4.69) is 43.4 Å². The molecule has 0 radical (unpaired) electrons. The van der Waals surface area contributed by atoms with E-state index in [1.165, 1.54) is 18.4 Å². The smallest absolute Gasteiger partial charge is 0.119 e. The first-order chi connectivity index (χ1) is 8.85. The molecule has 0 aromatic heterocycles. The topological polar surface area (TPSA) is 21.3 Å². The molecule has 1 aliphatic heterocycles. The number of piperidine rings is 1. The van der Waals surface area contributed by atoms with Crippen LogP contribution in [-0.4, -0.2) is 19.7 Å². The molecule has 2 nitrogen and oxygen atoms in total. The van der Waals surface area contributed by atoms with Crippen LogP contribution in [0.2, 0.25) is 0 Å². The maximum absolute atomic E-state index is 5.74. The molecular formula is C16H25NO. The molecule has 0 spiro atoms. The van der Waals surface area contributed by atoms with Gasteiger partial charge in [-0.15, -0.1) is 0 Å². The molecule has 18 heavy (non-hydrogen) atoms. The van der Waals surface area contributed by atoms with Gasteiger partial charge in [0.15, 0.2) is 0 Å². The molecule has 1 fully saturated rings. The highest BCUT2D eigenvalue weighted by atomic mass is 16.5. The molecule has 1 aromatic carbocycles. The molecule has 1 heterocycles.